The summed E-state index contributed by atoms with van der Waals surface area (Å²) in [6.07, 6.45) is 9.18. The number of fused-ring (bicyclic) bond motifs is 3. The molecule has 8 nitrogen and oxygen atoms in total. The number of ketones is 2. The van der Waals surface area contributed by atoms with Crippen molar-refractivity contribution < 1.29 is 102 Å². The number of pyridine rings is 3. The predicted octanol–water partition coefficient (Wildman–Crippen LogP) is 15.8. The van der Waals surface area contributed by atoms with E-state index in [4.69, 9.17) is 20.5 Å². The molecule has 9 aromatic rings. The van der Waals surface area contributed by atoms with E-state index >= 15 is 0 Å². The number of carbonyl (C=O) groups excluding carboxylic acids is 2. The third-order valence-corrected chi connectivity index (χ3v) is 11.3. The van der Waals surface area contributed by atoms with Crippen LogP contribution < -0.4 is 0 Å². The van der Waals surface area contributed by atoms with E-state index in [1.807, 2.05) is 24.3 Å². The van der Waals surface area contributed by atoms with Gasteiger partial charge in [0.1, 0.15) is 5.82 Å². The Kier molecular flexibility index (Phi) is 26.9. The van der Waals surface area contributed by atoms with E-state index in [2.05, 4.69) is 64.6 Å². The molecule has 2 N–H and O–H groups in total. The summed E-state index contributed by atoms with van der Waals surface area (Å²) >= 11 is 0. The van der Waals surface area contributed by atoms with Crippen LogP contribution >= 0.6 is 0 Å². The first kappa shape index (κ1) is 65.3. The third-order valence-electron chi connectivity index (χ3n) is 11.3. The quantitative estimate of drug-likeness (QED) is 0.0727. The van der Waals surface area contributed by atoms with Crippen molar-refractivity contribution in [3.05, 3.63) is 222 Å². The maximum atomic E-state index is 13.9. The van der Waals surface area contributed by atoms with Gasteiger partial charge in [0.25, 0.3) is 0 Å². The molecule has 3 aromatic heterocycles. The van der Waals surface area contributed by atoms with Gasteiger partial charge in [0.05, 0.1) is 45.1 Å². The molecule has 0 spiro atoms. The molecule has 3 radical (unpaired) electrons. The van der Waals surface area contributed by atoms with Crippen LogP contribution in [0, 0.1) is 58.6 Å². The van der Waals surface area contributed by atoms with Crippen LogP contribution in [0.1, 0.15) is 76.8 Å². The third kappa shape index (κ3) is 19.5. The Hall–Kier alpha value is -6.94. The molecule has 3 heterocycles. The second-order valence-corrected chi connectivity index (χ2v) is 17.3. The molecular formula is C62H50F5Ir3N4O4-3. The van der Waals surface area contributed by atoms with Crippen LogP contribution in [0.5, 0.6) is 0 Å². The van der Waals surface area contributed by atoms with Crippen molar-refractivity contribution in [2.45, 2.75) is 65.7 Å². The average Bonchev–Trinajstić information content (AvgIpc) is 3.43. The minimum absolute atomic E-state index is 0. The normalized spacial score (nSPS) is 11.9. The summed E-state index contributed by atoms with van der Waals surface area (Å²) < 4.78 is 66.9. The van der Waals surface area contributed by atoms with Crippen molar-refractivity contribution in [3.63, 3.8) is 0 Å². The summed E-state index contributed by atoms with van der Waals surface area (Å²) in [6, 6.07) is 50.4. The zero-order chi connectivity index (χ0) is 54.0. The van der Waals surface area contributed by atoms with Gasteiger partial charge in [0.15, 0.2) is 23.2 Å². The Balaban J connectivity index is 0.000000270. The van der Waals surface area contributed by atoms with Gasteiger partial charge < -0.3 is 10.2 Å². The number of carbonyl (C=O) groups is 2. The molecular weight excluding hydrogens is 1540 g/mol. The Morgan fingerprint density at radius 1 is 0.577 bits per heavy atom. The number of nitriles is 1. The number of aliphatic hydroxyl groups excluding tert-OH is 2. The first-order valence-electron chi connectivity index (χ1n) is 23.7. The van der Waals surface area contributed by atoms with E-state index in [0.29, 0.717) is 28.0 Å². The van der Waals surface area contributed by atoms with Crippen LogP contribution in [-0.4, -0.2) is 36.7 Å². The van der Waals surface area contributed by atoms with Crippen LogP contribution in [0.25, 0.3) is 66.5 Å². The first-order chi connectivity index (χ1) is 36.0. The van der Waals surface area contributed by atoms with Gasteiger partial charge in [-0.15, -0.1) is 89.5 Å². The molecule has 0 atom stereocenters. The molecule has 1 aliphatic rings. The molecule has 0 bridgehead atoms. The molecule has 407 valence electrons. The van der Waals surface area contributed by atoms with Crippen molar-refractivity contribution in [2.75, 3.05) is 0 Å². The maximum absolute atomic E-state index is 13.9. The number of rotatable bonds is 6. The van der Waals surface area contributed by atoms with E-state index in [-0.39, 0.29) is 94.5 Å². The molecule has 1 saturated carbocycles. The largest absolute Gasteiger partial charge is 0.512 e. The summed E-state index contributed by atoms with van der Waals surface area (Å²) in [5.41, 5.74) is 7.50. The van der Waals surface area contributed by atoms with Crippen molar-refractivity contribution in [2.24, 2.45) is 0 Å². The molecule has 1 aliphatic carbocycles. The topological polar surface area (TPSA) is 137 Å². The number of nitrogens with zero attached hydrogens (tertiary/aromatic N) is 4. The van der Waals surface area contributed by atoms with Gasteiger partial charge in [-0.2, -0.15) is 5.26 Å². The smallest absolute Gasteiger partial charge is 0.171 e. The van der Waals surface area contributed by atoms with E-state index in [1.165, 1.54) is 95.0 Å². The summed E-state index contributed by atoms with van der Waals surface area (Å²) in [5.74, 6) is -3.95. The van der Waals surface area contributed by atoms with Crippen LogP contribution in [0.3, 0.4) is 0 Å². The van der Waals surface area contributed by atoms with Crippen molar-refractivity contribution in [1.29, 1.82) is 5.26 Å². The standard InChI is InChI=1S/C21H20N.C16H7F2N2.C15H7F3N.2C5H8O2.3Ir/c1-3-7-16(8-4-1)18-11-13-21-19(15-18)12-14-20(22-21)17-9-5-2-6-10-17;17-13-6-12(7-14(18)8-13)16-4-2-11-5-10(9-19)1-3-15(11)20-16;16-10-6-7-12-14(15(10)18)11(17)8-13(19-12)9-4-2-1-3-5-9;2*1-4(6)3-5(2)7;;;/h2,5-6,9,11-16H,1,3-4,7-8H2;1-6,8H;1-4,6-8H;2*3,6H,1-2H3;;;/q3*-1;;;;;. The first-order valence-corrected chi connectivity index (χ1v) is 23.7. The molecule has 6 aromatic carbocycles. The van der Waals surface area contributed by atoms with E-state index in [9.17, 15) is 31.5 Å². The average molecular weight is 1590 g/mol. The monoisotopic (exact) mass is 1590 g/mol. The van der Waals surface area contributed by atoms with Crippen molar-refractivity contribution in [3.8, 4) is 39.8 Å². The molecule has 0 saturated heterocycles. The van der Waals surface area contributed by atoms with Gasteiger partial charge >= 0.3 is 0 Å². The summed E-state index contributed by atoms with van der Waals surface area (Å²) in [4.78, 5) is 33.3. The van der Waals surface area contributed by atoms with Gasteiger partial charge in [0.2, 0.25) is 0 Å². The molecule has 16 heteroatoms. The number of aliphatic hydroxyl groups is 2. The van der Waals surface area contributed by atoms with E-state index in [0.717, 1.165) is 46.3 Å². The van der Waals surface area contributed by atoms with Crippen LogP contribution in [0.2, 0.25) is 0 Å². The van der Waals surface area contributed by atoms with Crippen LogP contribution in [0.4, 0.5) is 22.0 Å². The van der Waals surface area contributed by atoms with Gasteiger partial charge in [-0.3, -0.25) is 24.5 Å². The van der Waals surface area contributed by atoms with E-state index < -0.39 is 34.5 Å². The Morgan fingerprint density at radius 2 is 1.10 bits per heavy atom. The number of benzene rings is 6. The minimum Gasteiger partial charge on any atom is -0.512 e. The van der Waals surface area contributed by atoms with Crippen LogP contribution in [-0.2, 0) is 69.9 Å². The van der Waals surface area contributed by atoms with Gasteiger partial charge in [-0.1, -0.05) is 55.7 Å². The van der Waals surface area contributed by atoms with Gasteiger partial charge in [0, 0.05) is 84.1 Å². The minimum atomic E-state index is -1.22. The maximum Gasteiger partial charge on any atom is 0.171 e. The number of halogens is 5. The summed E-state index contributed by atoms with van der Waals surface area (Å²) in [7, 11) is 0. The Morgan fingerprint density at radius 3 is 1.62 bits per heavy atom. The zero-order valence-electron chi connectivity index (χ0n) is 42.4. The van der Waals surface area contributed by atoms with Crippen LogP contribution in [0.15, 0.2) is 163 Å². The Bertz CT molecular complexity index is 3520. The fraction of sp³-hybridized carbons (Fsp3) is 0.161. The number of allylic oxidation sites excluding steroid dienone is 4. The number of hydrogen-bond donors (Lipinski definition) is 2. The Labute approximate surface area is 490 Å². The fourth-order valence-corrected chi connectivity index (χ4v) is 8.02. The zero-order valence-corrected chi connectivity index (χ0v) is 49.6. The van der Waals surface area contributed by atoms with E-state index in [1.54, 1.807) is 54.6 Å². The fourth-order valence-electron chi connectivity index (χ4n) is 8.02. The van der Waals surface area contributed by atoms with Gasteiger partial charge in [-0.25, -0.2) is 22.0 Å². The SMILES string of the molecule is CC(=O)C=C(C)O.CC(=O)C=C(C)O.Fc1ccc2nc(-c3[c-]cccc3)cc(F)c2c1F.N#Cc1ccc2nc(-c3[c-]c(F)cc(F)c3)ccc2c1.[Ir].[Ir].[Ir].[c-]1ccccc1-c1ccc2cc(C3CCCCC3)ccc2n1. The molecule has 10 rings (SSSR count). The molecule has 0 amide bonds. The number of hydrogen-bond acceptors (Lipinski definition) is 8. The second kappa shape index (κ2) is 32.1. The molecule has 0 aliphatic heterocycles. The summed E-state index contributed by atoms with van der Waals surface area (Å²) in [5, 5.41) is 27.2. The molecule has 78 heavy (non-hydrogen) atoms. The van der Waals surface area contributed by atoms with Crippen molar-refractivity contribution >= 4 is 44.3 Å². The summed E-state index contributed by atoms with van der Waals surface area (Å²) in [6.45, 7) is 5.70. The predicted molar refractivity (Wildman–Crippen MR) is 283 cm³/mol. The second-order valence-electron chi connectivity index (χ2n) is 17.3. The number of aromatic nitrogens is 3. The van der Waals surface area contributed by atoms with Gasteiger partial charge in [-0.05, 0) is 128 Å². The molecule has 1 fully saturated rings. The van der Waals surface area contributed by atoms with Crippen molar-refractivity contribution in [1.82, 2.24) is 15.0 Å². The molecule has 0 unspecified atom stereocenters.